The molecule has 9 rings (SSSR count). The Hall–Kier alpha value is -5.86. The third kappa shape index (κ3) is 7.81. The number of benzene rings is 2. The molecule has 3 aromatic heterocycles. The lowest BCUT2D eigenvalue weighted by molar-refractivity contribution is -0.134. The van der Waals surface area contributed by atoms with Crippen LogP contribution in [0.1, 0.15) is 81.0 Å². The number of carbonyl (C=O) groups excluding carboxylic acids is 2. The Morgan fingerprint density at radius 1 is 0.883 bits per heavy atom. The summed E-state index contributed by atoms with van der Waals surface area (Å²) in [5.74, 6) is 0.913. The van der Waals surface area contributed by atoms with Gasteiger partial charge in [-0.3, -0.25) is 19.7 Å². The fraction of sp³-hybridized carbons (Fsp3) is 0.435. The Kier molecular flexibility index (Phi) is 11.0. The summed E-state index contributed by atoms with van der Waals surface area (Å²) in [4.78, 5) is 56.5. The van der Waals surface area contributed by atoms with Crippen LogP contribution in [0.2, 0.25) is 0 Å². The highest BCUT2D eigenvalue weighted by Crippen LogP contribution is 2.38. The fourth-order valence-corrected chi connectivity index (χ4v) is 9.50. The Morgan fingerprint density at radius 2 is 1.58 bits per heavy atom. The first-order chi connectivity index (χ1) is 29.2. The molecular weight excluding hydrogens is 757 g/mol. The van der Waals surface area contributed by atoms with Crippen molar-refractivity contribution in [2.45, 2.75) is 88.8 Å². The molecule has 0 unspecified atom stereocenters. The number of pyridine rings is 1. The number of hydrogen-bond acceptors (Lipinski definition) is 11. The number of aryl methyl sites for hydroxylation is 1. The molecule has 5 aromatic rings. The standard InChI is InChI=1S/C46H54N10O4/c1-3-23-55-44(59)38-29-48-45(52-42(38)56(55)39-15-7-32-17-22-46(60,4-2)41(32)50-39)49-34-8-12-36(13-9-34)53-24-18-30(19-25-53)28-47-33-20-26-54(27-21-33)35-10-5-31(6-11-35)37-14-16-40(57)51-43(37)58/h3,5-13,15,29-30,33,37,47,60H,1,4,14,16-28H2,2H3,(H,48,49,52)(H,51,57,58)/t37-,46-/m1/s1. The molecule has 6 heterocycles. The van der Waals surface area contributed by atoms with Gasteiger partial charge in [0.2, 0.25) is 17.8 Å². The van der Waals surface area contributed by atoms with E-state index in [9.17, 15) is 19.5 Å². The first-order valence-electron chi connectivity index (χ1n) is 21.6. The molecule has 14 nitrogen and oxygen atoms in total. The predicted octanol–water partition coefficient (Wildman–Crippen LogP) is 5.45. The van der Waals surface area contributed by atoms with Crippen molar-refractivity contribution in [3.63, 3.8) is 0 Å². The average Bonchev–Trinajstić information content (AvgIpc) is 3.75. The molecule has 2 amide bonds. The van der Waals surface area contributed by atoms with E-state index < -0.39 is 5.60 Å². The molecule has 1 aliphatic carbocycles. The number of aliphatic hydroxyl groups is 1. The van der Waals surface area contributed by atoms with Crippen LogP contribution >= 0.6 is 0 Å². The van der Waals surface area contributed by atoms with Crippen molar-refractivity contribution in [1.82, 2.24) is 34.9 Å². The Morgan fingerprint density at radius 3 is 2.27 bits per heavy atom. The molecule has 4 N–H and O–H groups in total. The summed E-state index contributed by atoms with van der Waals surface area (Å²) in [6.45, 7) is 11.2. The molecule has 14 heteroatoms. The van der Waals surface area contributed by atoms with Crippen LogP contribution in [0.25, 0.3) is 16.9 Å². The van der Waals surface area contributed by atoms with Crippen molar-refractivity contribution in [2.75, 3.05) is 47.8 Å². The van der Waals surface area contributed by atoms with E-state index in [2.05, 4.69) is 61.6 Å². The van der Waals surface area contributed by atoms with Crippen molar-refractivity contribution >= 4 is 45.9 Å². The number of imide groups is 1. The van der Waals surface area contributed by atoms with Crippen LogP contribution < -0.4 is 31.3 Å². The van der Waals surface area contributed by atoms with Crippen molar-refractivity contribution in [3.8, 4) is 5.82 Å². The molecule has 3 aliphatic heterocycles. The van der Waals surface area contributed by atoms with Gasteiger partial charge < -0.3 is 25.5 Å². The number of amides is 2. The second-order valence-corrected chi connectivity index (χ2v) is 16.8. The van der Waals surface area contributed by atoms with Crippen LogP contribution in [0.3, 0.4) is 0 Å². The van der Waals surface area contributed by atoms with Crippen LogP contribution in [0.5, 0.6) is 0 Å². The summed E-state index contributed by atoms with van der Waals surface area (Å²) in [7, 11) is 0. The lowest BCUT2D eigenvalue weighted by Crippen LogP contribution is -2.45. The number of hydrogen-bond donors (Lipinski definition) is 4. The zero-order chi connectivity index (χ0) is 41.4. The van der Waals surface area contributed by atoms with Gasteiger partial charge in [0, 0.05) is 61.9 Å². The van der Waals surface area contributed by atoms with Gasteiger partial charge in [-0.2, -0.15) is 4.98 Å². The number of nitrogens with one attached hydrogen (secondary N) is 3. The van der Waals surface area contributed by atoms with Gasteiger partial charge in [-0.1, -0.05) is 31.2 Å². The van der Waals surface area contributed by atoms with Crippen molar-refractivity contribution in [1.29, 1.82) is 0 Å². The minimum atomic E-state index is -0.987. The molecule has 0 radical (unpaired) electrons. The third-order valence-corrected chi connectivity index (χ3v) is 13.2. The highest BCUT2D eigenvalue weighted by atomic mass is 16.3. The van der Waals surface area contributed by atoms with Crippen LogP contribution in [-0.4, -0.2) is 80.0 Å². The highest BCUT2D eigenvalue weighted by Gasteiger charge is 2.37. The molecule has 2 atom stereocenters. The van der Waals surface area contributed by atoms with E-state index in [-0.39, 0.29) is 29.8 Å². The van der Waals surface area contributed by atoms with Crippen LogP contribution in [0.15, 0.2) is 84.3 Å². The maximum atomic E-state index is 13.5. The average molecular weight is 811 g/mol. The van der Waals surface area contributed by atoms with E-state index in [1.54, 1.807) is 21.6 Å². The summed E-state index contributed by atoms with van der Waals surface area (Å²) in [6.07, 6.45) is 10.6. The van der Waals surface area contributed by atoms with Crippen molar-refractivity contribution < 1.29 is 14.7 Å². The molecule has 0 saturated carbocycles. The zero-order valence-corrected chi connectivity index (χ0v) is 34.3. The lowest BCUT2D eigenvalue weighted by Gasteiger charge is -2.37. The SMILES string of the molecule is C=CCn1c(=O)c2cnc(Nc3ccc(N4CCC(CNC5CCN(c6ccc([C@H]7CCC(=O)NC7=O)cc6)CC5)CC4)cc3)nc2n1-c1ccc2c(n1)[C@@](O)(CC)CC2. The first-order valence-corrected chi connectivity index (χ1v) is 21.6. The van der Waals surface area contributed by atoms with Gasteiger partial charge >= 0.3 is 0 Å². The van der Waals surface area contributed by atoms with Crippen LogP contribution in [-0.2, 0) is 28.2 Å². The molecule has 4 aliphatic rings. The smallest absolute Gasteiger partial charge is 0.278 e. The summed E-state index contributed by atoms with van der Waals surface area (Å²) < 4.78 is 3.26. The van der Waals surface area contributed by atoms with E-state index in [0.29, 0.717) is 66.1 Å². The zero-order valence-electron chi connectivity index (χ0n) is 34.3. The van der Waals surface area contributed by atoms with E-state index in [1.807, 2.05) is 43.3 Å². The van der Waals surface area contributed by atoms with Gasteiger partial charge in [0.1, 0.15) is 11.0 Å². The second kappa shape index (κ2) is 16.7. The Bertz CT molecular complexity index is 2450. The number of rotatable bonds is 12. The monoisotopic (exact) mass is 810 g/mol. The largest absolute Gasteiger partial charge is 0.384 e. The van der Waals surface area contributed by atoms with Crippen molar-refractivity contribution in [3.05, 3.63) is 107 Å². The number of carbonyl (C=O) groups is 2. The summed E-state index contributed by atoms with van der Waals surface area (Å²) >= 11 is 0. The molecule has 0 spiro atoms. The molecule has 60 heavy (non-hydrogen) atoms. The van der Waals surface area contributed by atoms with Gasteiger partial charge in [0.05, 0.1) is 18.2 Å². The van der Waals surface area contributed by atoms with E-state index in [4.69, 9.17) is 9.97 Å². The number of nitrogens with zero attached hydrogens (tertiary/aromatic N) is 7. The fourth-order valence-electron chi connectivity index (χ4n) is 9.50. The third-order valence-electron chi connectivity index (χ3n) is 13.2. The first kappa shape index (κ1) is 39.6. The highest BCUT2D eigenvalue weighted by molar-refractivity contribution is 6.01. The molecule has 2 aromatic carbocycles. The molecule has 312 valence electrons. The Labute approximate surface area is 349 Å². The normalized spacial score (nSPS) is 21.3. The van der Waals surface area contributed by atoms with Crippen LogP contribution in [0.4, 0.5) is 23.0 Å². The van der Waals surface area contributed by atoms with E-state index in [1.165, 1.54) is 11.4 Å². The lowest BCUT2D eigenvalue weighted by atomic mass is 9.90. The maximum Gasteiger partial charge on any atom is 0.278 e. The van der Waals surface area contributed by atoms with Crippen LogP contribution in [0, 0.1) is 5.92 Å². The second-order valence-electron chi connectivity index (χ2n) is 16.8. The number of fused-ring (bicyclic) bond motifs is 2. The van der Waals surface area contributed by atoms with E-state index in [0.717, 1.165) is 81.6 Å². The van der Waals surface area contributed by atoms with Gasteiger partial charge in [-0.05, 0) is 117 Å². The molecule has 3 fully saturated rings. The summed E-state index contributed by atoms with van der Waals surface area (Å²) in [6, 6.07) is 21.1. The Balaban J connectivity index is 0.772. The minimum Gasteiger partial charge on any atom is -0.384 e. The van der Waals surface area contributed by atoms with E-state index >= 15 is 0 Å². The van der Waals surface area contributed by atoms with Gasteiger partial charge in [-0.15, -0.1) is 6.58 Å². The number of piperidine rings is 3. The van der Waals surface area contributed by atoms with Gasteiger partial charge in [0.25, 0.3) is 5.56 Å². The molecule has 0 bridgehead atoms. The number of aromatic nitrogens is 5. The van der Waals surface area contributed by atoms with Gasteiger partial charge in [0.15, 0.2) is 11.5 Å². The summed E-state index contributed by atoms with van der Waals surface area (Å²) in [5, 5.41) is 21.3. The maximum absolute atomic E-state index is 13.5. The summed E-state index contributed by atoms with van der Waals surface area (Å²) in [5.41, 5.74) is 5.10. The predicted molar refractivity (Wildman–Crippen MR) is 233 cm³/mol. The van der Waals surface area contributed by atoms with Gasteiger partial charge in [-0.25, -0.2) is 19.3 Å². The topological polar surface area (TPSA) is 163 Å². The quantitative estimate of drug-likeness (QED) is 0.0938. The minimum absolute atomic E-state index is 0.181. The number of allylic oxidation sites excluding steroid dienone is 1. The van der Waals surface area contributed by atoms with Crippen molar-refractivity contribution in [2.24, 2.45) is 5.92 Å². The molecule has 3 saturated heterocycles. The number of anilines is 4. The molecular formula is C46H54N10O4.